The van der Waals surface area contributed by atoms with Gasteiger partial charge in [-0.15, -0.1) is 0 Å². The van der Waals surface area contributed by atoms with Crippen molar-refractivity contribution in [3.05, 3.63) is 29.8 Å². The average molecular weight is 269 g/mol. The number of para-hydroxylation sites is 1. The zero-order chi connectivity index (χ0) is 13.7. The van der Waals surface area contributed by atoms with Crippen LogP contribution in [0.5, 0.6) is 0 Å². The van der Waals surface area contributed by atoms with E-state index in [4.69, 9.17) is 0 Å². The van der Waals surface area contributed by atoms with Crippen molar-refractivity contribution in [2.24, 2.45) is 17.8 Å². The number of ketones is 1. The van der Waals surface area contributed by atoms with Gasteiger partial charge in [-0.05, 0) is 49.7 Å². The molecule has 1 amide bonds. The van der Waals surface area contributed by atoms with E-state index < -0.39 is 0 Å². The second-order valence-corrected chi connectivity index (χ2v) is 6.46. The summed E-state index contributed by atoms with van der Waals surface area (Å²) >= 11 is 0. The Balaban J connectivity index is 1.65. The third-order valence-corrected chi connectivity index (χ3v) is 5.14. The first-order valence-electron chi connectivity index (χ1n) is 7.67. The summed E-state index contributed by atoms with van der Waals surface area (Å²) in [6, 6.07) is 7.58. The molecule has 1 aromatic carbocycles. The Morgan fingerprint density at radius 3 is 2.65 bits per heavy atom. The quantitative estimate of drug-likeness (QED) is 0.786. The highest BCUT2D eigenvalue weighted by Crippen LogP contribution is 2.54. The van der Waals surface area contributed by atoms with E-state index in [0.29, 0.717) is 13.0 Å². The molecule has 0 spiro atoms. The van der Waals surface area contributed by atoms with Gasteiger partial charge in [-0.3, -0.25) is 9.59 Å². The van der Waals surface area contributed by atoms with Gasteiger partial charge in [-0.2, -0.15) is 0 Å². The van der Waals surface area contributed by atoms with Crippen molar-refractivity contribution < 1.29 is 9.59 Å². The maximum Gasteiger partial charge on any atom is 0.230 e. The van der Waals surface area contributed by atoms with Gasteiger partial charge in [0.05, 0.1) is 5.69 Å². The van der Waals surface area contributed by atoms with Gasteiger partial charge in [0.15, 0.2) is 5.78 Å². The highest BCUT2D eigenvalue weighted by atomic mass is 16.2. The SMILES string of the molecule is O=C1CCCN(C(=O)C2CC3CC3C2)c2ccccc21. The number of Topliss-reactive ketones (excluding diaryl/α,β-unsaturated/α-hetero) is 1. The molecule has 4 rings (SSSR count). The molecule has 1 aliphatic heterocycles. The number of rotatable bonds is 1. The van der Waals surface area contributed by atoms with Crippen molar-refractivity contribution in [1.29, 1.82) is 0 Å². The maximum atomic E-state index is 12.8. The summed E-state index contributed by atoms with van der Waals surface area (Å²) in [6.07, 6.45) is 4.79. The molecule has 2 fully saturated rings. The van der Waals surface area contributed by atoms with Crippen LogP contribution in [0.1, 0.15) is 42.5 Å². The van der Waals surface area contributed by atoms with Gasteiger partial charge >= 0.3 is 0 Å². The second-order valence-electron chi connectivity index (χ2n) is 6.46. The Morgan fingerprint density at radius 1 is 1.10 bits per heavy atom. The number of carbonyl (C=O) groups is 2. The summed E-state index contributed by atoms with van der Waals surface area (Å²) in [5.41, 5.74) is 1.56. The average Bonchev–Trinajstić information content (AvgIpc) is 3.13. The molecule has 1 heterocycles. The Morgan fingerprint density at radius 2 is 1.85 bits per heavy atom. The van der Waals surface area contributed by atoms with Crippen LogP contribution in [0.2, 0.25) is 0 Å². The molecule has 104 valence electrons. The standard InChI is InChI=1S/C17H19NO2/c19-16-6-3-7-18(15-5-2-1-4-14(15)16)17(20)13-9-11-8-12(11)10-13/h1-2,4-5,11-13H,3,6-10H2. The monoisotopic (exact) mass is 269 g/mol. The summed E-state index contributed by atoms with van der Waals surface area (Å²) < 4.78 is 0. The van der Waals surface area contributed by atoms with Crippen molar-refractivity contribution >= 4 is 17.4 Å². The number of hydrogen-bond donors (Lipinski definition) is 0. The van der Waals surface area contributed by atoms with Gasteiger partial charge in [0.2, 0.25) is 5.91 Å². The Kier molecular flexibility index (Phi) is 2.69. The van der Waals surface area contributed by atoms with Gasteiger partial charge < -0.3 is 4.90 Å². The second kappa shape index (κ2) is 4.44. The number of anilines is 1. The number of amides is 1. The molecule has 0 aromatic heterocycles. The lowest BCUT2D eigenvalue weighted by Crippen LogP contribution is -2.36. The van der Waals surface area contributed by atoms with E-state index in [0.717, 1.165) is 42.3 Å². The molecule has 0 saturated heterocycles. The van der Waals surface area contributed by atoms with Crippen LogP contribution in [0.25, 0.3) is 0 Å². The number of hydrogen-bond acceptors (Lipinski definition) is 2. The van der Waals surface area contributed by atoms with Crippen molar-refractivity contribution in [1.82, 2.24) is 0 Å². The van der Waals surface area contributed by atoms with E-state index in [1.54, 1.807) is 0 Å². The number of benzene rings is 1. The molecular formula is C17H19NO2. The highest BCUT2D eigenvalue weighted by molar-refractivity contribution is 6.07. The van der Waals surface area contributed by atoms with Crippen LogP contribution in [-0.2, 0) is 4.79 Å². The highest BCUT2D eigenvalue weighted by Gasteiger charge is 2.49. The molecule has 0 bridgehead atoms. The number of nitrogens with zero attached hydrogens (tertiary/aromatic N) is 1. The van der Waals surface area contributed by atoms with Gasteiger partial charge in [-0.25, -0.2) is 0 Å². The molecule has 3 heteroatoms. The fourth-order valence-corrected chi connectivity index (χ4v) is 3.96. The molecule has 3 aliphatic rings. The summed E-state index contributed by atoms with van der Waals surface area (Å²) in [6.45, 7) is 0.688. The summed E-state index contributed by atoms with van der Waals surface area (Å²) in [4.78, 5) is 26.8. The lowest BCUT2D eigenvalue weighted by molar-refractivity contribution is -0.122. The van der Waals surface area contributed by atoms with E-state index >= 15 is 0 Å². The molecule has 2 atom stereocenters. The van der Waals surface area contributed by atoms with Crippen LogP contribution < -0.4 is 4.90 Å². The van der Waals surface area contributed by atoms with Crippen LogP contribution in [0, 0.1) is 17.8 Å². The molecule has 3 nitrogen and oxygen atoms in total. The zero-order valence-corrected chi connectivity index (χ0v) is 11.5. The van der Waals surface area contributed by atoms with Crippen molar-refractivity contribution in [3.8, 4) is 0 Å². The van der Waals surface area contributed by atoms with Crippen molar-refractivity contribution in [3.63, 3.8) is 0 Å². The fourth-order valence-electron chi connectivity index (χ4n) is 3.96. The van der Waals surface area contributed by atoms with Crippen LogP contribution >= 0.6 is 0 Å². The van der Waals surface area contributed by atoms with Gasteiger partial charge in [0.1, 0.15) is 0 Å². The fraction of sp³-hybridized carbons (Fsp3) is 0.529. The van der Waals surface area contributed by atoms with Gasteiger partial charge in [-0.1, -0.05) is 12.1 Å². The molecule has 2 aliphatic carbocycles. The minimum Gasteiger partial charge on any atom is -0.311 e. The van der Waals surface area contributed by atoms with Crippen LogP contribution in [0.4, 0.5) is 5.69 Å². The van der Waals surface area contributed by atoms with E-state index in [1.165, 1.54) is 6.42 Å². The summed E-state index contributed by atoms with van der Waals surface area (Å²) in [5, 5.41) is 0. The molecule has 2 saturated carbocycles. The Bertz CT molecular complexity index is 570. The van der Waals surface area contributed by atoms with E-state index in [1.807, 2.05) is 29.2 Å². The molecule has 20 heavy (non-hydrogen) atoms. The first-order chi connectivity index (χ1) is 9.74. The number of carbonyl (C=O) groups excluding carboxylic acids is 2. The number of fused-ring (bicyclic) bond motifs is 2. The van der Waals surface area contributed by atoms with Crippen molar-refractivity contribution in [2.45, 2.75) is 32.1 Å². The van der Waals surface area contributed by atoms with Gasteiger partial charge in [0.25, 0.3) is 0 Å². The lowest BCUT2D eigenvalue weighted by atomic mass is 10.0. The first-order valence-corrected chi connectivity index (χ1v) is 7.67. The predicted molar refractivity (Wildman–Crippen MR) is 76.7 cm³/mol. The predicted octanol–water partition coefficient (Wildman–Crippen LogP) is 3.04. The smallest absolute Gasteiger partial charge is 0.230 e. The van der Waals surface area contributed by atoms with E-state index in [9.17, 15) is 9.59 Å². The lowest BCUT2D eigenvalue weighted by Gasteiger charge is -2.26. The molecule has 0 radical (unpaired) electrons. The third kappa shape index (κ3) is 1.88. The van der Waals surface area contributed by atoms with Crippen LogP contribution in [-0.4, -0.2) is 18.2 Å². The normalized spacial score (nSPS) is 31.5. The van der Waals surface area contributed by atoms with Crippen molar-refractivity contribution in [2.75, 3.05) is 11.4 Å². The minimum absolute atomic E-state index is 0.171. The van der Waals surface area contributed by atoms with Gasteiger partial charge in [0, 0.05) is 24.4 Å². The molecule has 0 N–H and O–H groups in total. The minimum atomic E-state index is 0.171. The van der Waals surface area contributed by atoms with E-state index in [-0.39, 0.29) is 17.6 Å². The third-order valence-electron chi connectivity index (χ3n) is 5.14. The van der Waals surface area contributed by atoms with Crippen LogP contribution in [0.3, 0.4) is 0 Å². The molecular weight excluding hydrogens is 250 g/mol. The zero-order valence-electron chi connectivity index (χ0n) is 11.5. The molecule has 2 unspecified atom stereocenters. The first kappa shape index (κ1) is 12.1. The van der Waals surface area contributed by atoms with Crippen LogP contribution in [0.15, 0.2) is 24.3 Å². The Labute approximate surface area is 119 Å². The summed E-state index contributed by atoms with van der Waals surface area (Å²) in [7, 11) is 0. The van der Waals surface area contributed by atoms with E-state index in [2.05, 4.69) is 0 Å². The maximum absolute atomic E-state index is 12.8. The Hall–Kier alpha value is -1.64. The topological polar surface area (TPSA) is 37.4 Å². The largest absolute Gasteiger partial charge is 0.311 e. The summed E-state index contributed by atoms with van der Waals surface area (Å²) in [5.74, 6) is 2.24. The molecule has 1 aromatic rings.